The molecule has 0 aromatic heterocycles. The molecule has 2 aromatic rings. The van der Waals surface area contributed by atoms with E-state index in [4.69, 9.17) is 16.7 Å². The molecule has 0 aliphatic carbocycles. The Kier molecular flexibility index (Phi) is 4.58. The number of benzene rings is 2. The van der Waals surface area contributed by atoms with Crippen LogP contribution < -0.4 is 4.90 Å². The molecule has 3 rings (SSSR count). The van der Waals surface area contributed by atoms with Gasteiger partial charge in [-0.05, 0) is 36.6 Å². The molecule has 0 spiro atoms. The first kappa shape index (κ1) is 16.5. The molecule has 124 valence electrons. The zero-order valence-electron chi connectivity index (χ0n) is 13.3. The number of aliphatic carboxylic acids is 1. The van der Waals surface area contributed by atoms with Crippen LogP contribution in [0.4, 0.5) is 5.69 Å². The molecule has 1 N–H and O–H groups in total. The summed E-state index contributed by atoms with van der Waals surface area (Å²) >= 11 is 6.13. The van der Waals surface area contributed by atoms with E-state index in [0.29, 0.717) is 11.4 Å². The Morgan fingerprint density at radius 1 is 1.29 bits per heavy atom. The number of hydrogen-bond donors (Lipinski definition) is 1. The van der Waals surface area contributed by atoms with Crippen LogP contribution in [0.5, 0.6) is 0 Å². The number of rotatable bonds is 4. The van der Waals surface area contributed by atoms with Crippen LogP contribution in [0.15, 0.2) is 48.5 Å². The number of anilines is 1. The van der Waals surface area contributed by atoms with Crippen molar-refractivity contribution in [2.75, 3.05) is 4.90 Å². The Balaban J connectivity index is 2.06. The van der Waals surface area contributed by atoms with E-state index in [9.17, 15) is 9.59 Å². The van der Waals surface area contributed by atoms with E-state index < -0.39 is 11.9 Å². The predicted molar refractivity (Wildman–Crippen MR) is 93.2 cm³/mol. The lowest BCUT2D eigenvalue weighted by atomic mass is 9.87. The normalized spacial score (nSPS) is 18.2. The van der Waals surface area contributed by atoms with Gasteiger partial charge in [-0.2, -0.15) is 0 Å². The van der Waals surface area contributed by atoms with Gasteiger partial charge >= 0.3 is 5.97 Å². The lowest BCUT2D eigenvalue weighted by molar-refractivity contribution is -0.140. The number of hydrogen-bond acceptors (Lipinski definition) is 2. The van der Waals surface area contributed by atoms with Gasteiger partial charge in [0.15, 0.2) is 0 Å². The molecule has 2 atom stereocenters. The maximum atomic E-state index is 13.0. The molecule has 5 heteroatoms. The topological polar surface area (TPSA) is 57.6 Å². The van der Waals surface area contributed by atoms with E-state index in [1.165, 1.54) is 0 Å². The van der Waals surface area contributed by atoms with E-state index in [0.717, 1.165) is 16.8 Å². The van der Waals surface area contributed by atoms with Crippen LogP contribution in [0.25, 0.3) is 0 Å². The van der Waals surface area contributed by atoms with E-state index in [1.54, 1.807) is 17.0 Å². The Bertz CT molecular complexity index is 775. The highest BCUT2D eigenvalue weighted by molar-refractivity contribution is 6.31. The van der Waals surface area contributed by atoms with E-state index in [2.05, 4.69) is 0 Å². The van der Waals surface area contributed by atoms with Crippen molar-refractivity contribution in [1.82, 2.24) is 0 Å². The van der Waals surface area contributed by atoms with Crippen molar-refractivity contribution < 1.29 is 14.7 Å². The summed E-state index contributed by atoms with van der Waals surface area (Å²) in [5, 5.41) is 9.68. The lowest BCUT2D eigenvalue weighted by Gasteiger charge is -2.38. The van der Waals surface area contributed by atoms with Gasteiger partial charge in [0.05, 0.1) is 18.4 Å². The molecular weight excluding hydrogens is 326 g/mol. The summed E-state index contributed by atoms with van der Waals surface area (Å²) in [5.74, 6) is -1.68. The average Bonchev–Trinajstić information content (AvgIpc) is 2.56. The second-order valence-corrected chi connectivity index (χ2v) is 6.50. The van der Waals surface area contributed by atoms with Gasteiger partial charge in [0, 0.05) is 10.7 Å². The van der Waals surface area contributed by atoms with Crippen molar-refractivity contribution in [3.8, 4) is 0 Å². The van der Waals surface area contributed by atoms with Crippen molar-refractivity contribution >= 4 is 29.2 Å². The van der Waals surface area contributed by atoms with Crippen LogP contribution in [-0.2, 0) is 16.0 Å². The number of carbonyl (C=O) groups is 2. The highest BCUT2D eigenvalue weighted by atomic mass is 35.5. The molecule has 1 aliphatic heterocycles. The van der Waals surface area contributed by atoms with Gasteiger partial charge in [-0.1, -0.05) is 48.0 Å². The van der Waals surface area contributed by atoms with Crippen molar-refractivity contribution in [2.45, 2.75) is 25.8 Å². The molecule has 4 nitrogen and oxygen atoms in total. The summed E-state index contributed by atoms with van der Waals surface area (Å²) in [6.07, 6.45) is 0.258. The third-order valence-corrected chi connectivity index (χ3v) is 4.69. The number of amides is 1. The summed E-state index contributed by atoms with van der Waals surface area (Å²) in [6, 6.07) is 14.9. The minimum Gasteiger partial charge on any atom is -0.481 e. The minimum atomic E-state index is -0.960. The molecule has 1 amide bonds. The molecule has 0 saturated heterocycles. The summed E-state index contributed by atoms with van der Waals surface area (Å²) in [6.45, 7) is 1.95. The molecule has 0 fully saturated rings. The Morgan fingerprint density at radius 3 is 2.67 bits per heavy atom. The molecule has 1 heterocycles. The van der Waals surface area contributed by atoms with Crippen LogP contribution >= 0.6 is 11.6 Å². The van der Waals surface area contributed by atoms with Gasteiger partial charge in [-0.3, -0.25) is 9.59 Å². The fourth-order valence-corrected chi connectivity index (χ4v) is 3.42. The highest BCUT2D eigenvalue weighted by Crippen LogP contribution is 2.39. The summed E-state index contributed by atoms with van der Waals surface area (Å²) in [5.41, 5.74) is 2.71. The lowest BCUT2D eigenvalue weighted by Crippen LogP contribution is -2.43. The van der Waals surface area contributed by atoms with Gasteiger partial charge in [0.2, 0.25) is 5.91 Å². The van der Waals surface area contributed by atoms with Gasteiger partial charge in [-0.15, -0.1) is 0 Å². The Morgan fingerprint density at radius 2 is 2.00 bits per heavy atom. The van der Waals surface area contributed by atoms with E-state index in [-0.39, 0.29) is 18.4 Å². The second-order valence-electron chi connectivity index (χ2n) is 6.07. The Labute approximate surface area is 145 Å². The van der Waals surface area contributed by atoms with Crippen molar-refractivity contribution in [3.05, 3.63) is 64.7 Å². The molecule has 24 heavy (non-hydrogen) atoms. The van der Waals surface area contributed by atoms with Crippen molar-refractivity contribution in [1.29, 1.82) is 0 Å². The van der Waals surface area contributed by atoms with Gasteiger partial charge < -0.3 is 10.0 Å². The summed E-state index contributed by atoms with van der Waals surface area (Å²) in [7, 11) is 0. The van der Waals surface area contributed by atoms with Crippen molar-refractivity contribution in [2.24, 2.45) is 5.92 Å². The maximum absolute atomic E-state index is 13.0. The van der Waals surface area contributed by atoms with Gasteiger partial charge in [-0.25, -0.2) is 0 Å². The quantitative estimate of drug-likeness (QED) is 0.910. The highest BCUT2D eigenvalue weighted by Gasteiger charge is 2.37. The number of halogens is 1. The summed E-state index contributed by atoms with van der Waals surface area (Å²) < 4.78 is 0. The number of fused-ring (bicyclic) bond motifs is 1. The zero-order valence-corrected chi connectivity index (χ0v) is 14.0. The van der Waals surface area contributed by atoms with Crippen LogP contribution in [0, 0.1) is 5.92 Å². The number of carboxylic acid groups (broad SMARTS) is 1. The number of carbonyl (C=O) groups excluding carboxylic acids is 1. The molecule has 1 unspecified atom stereocenters. The summed E-state index contributed by atoms with van der Waals surface area (Å²) in [4.78, 5) is 25.8. The molecule has 1 aliphatic rings. The molecule has 2 aromatic carbocycles. The zero-order chi connectivity index (χ0) is 17.3. The fraction of sp³-hybridized carbons (Fsp3) is 0.263. The first-order chi connectivity index (χ1) is 11.5. The van der Waals surface area contributed by atoms with Crippen molar-refractivity contribution in [3.63, 3.8) is 0 Å². The SMILES string of the molecule is C[C@@H](c1ccccc1)N1C(=O)C(CC(=O)O)Cc2ccc(Cl)cc21. The minimum absolute atomic E-state index is 0.163. The van der Waals surface area contributed by atoms with E-state index in [1.807, 2.05) is 43.3 Å². The predicted octanol–water partition coefficient (Wildman–Crippen LogP) is 4.08. The van der Waals surface area contributed by atoms with Gasteiger partial charge in [0.25, 0.3) is 0 Å². The first-order valence-corrected chi connectivity index (χ1v) is 8.23. The molecule has 0 bridgehead atoms. The molecule has 0 saturated carbocycles. The van der Waals surface area contributed by atoms with Crippen LogP contribution in [-0.4, -0.2) is 17.0 Å². The molecule has 0 radical (unpaired) electrons. The monoisotopic (exact) mass is 343 g/mol. The van der Waals surface area contributed by atoms with Crippen LogP contribution in [0.2, 0.25) is 5.02 Å². The fourth-order valence-electron chi connectivity index (χ4n) is 3.25. The largest absolute Gasteiger partial charge is 0.481 e. The molecular formula is C19H18ClNO3. The third-order valence-electron chi connectivity index (χ3n) is 4.45. The average molecular weight is 344 g/mol. The Hall–Kier alpha value is -2.33. The number of nitrogens with zero attached hydrogens (tertiary/aromatic N) is 1. The first-order valence-electron chi connectivity index (χ1n) is 7.85. The third kappa shape index (κ3) is 3.15. The number of carboxylic acids is 1. The maximum Gasteiger partial charge on any atom is 0.304 e. The van der Waals surface area contributed by atoms with Crippen LogP contribution in [0.1, 0.15) is 30.5 Å². The second kappa shape index (κ2) is 6.65. The smallest absolute Gasteiger partial charge is 0.304 e. The van der Waals surface area contributed by atoms with Crippen LogP contribution in [0.3, 0.4) is 0 Å². The van der Waals surface area contributed by atoms with E-state index >= 15 is 0 Å². The standard InChI is InChI=1S/C19H18ClNO3/c1-12(13-5-3-2-4-6-13)21-17-11-16(20)8-7-14(17)9-15(19(21)24)10-18(22)23/h2-8,11-12,15H,9-10H2,1H3,(H,22,23)/t12-,15?/m0/s1. The van der Waals surface area contributed by atoms with Gasteiger partial charge in [0.1, 0.15) is 0 Å².